The van der Waals surface area contributed by atoms with Crippen LogP contribution < -0.4 is 10.5 Å². The van der Waals surface area contributed by atoms with E-state index in [1.165, 1.54) is 18.2 Å². The normalized spacial score (nSPS) is 29.8. The van der Waals surface area contributed by atoms with Crippen LogP contribution in [-0.2, 0) is 20.1 Å². The highest BCUT2D eigenvalue weighted by Crippen LogP contribution is 2.50. The second-order valence-corrected chi connectivity index (χ2v) is 12.2. The molecule has 0 radical (unpaired) electrons. The highest BCUT2D eigenvalue weighted by atomic mass is 32.2. The quantitative estimate of drug-likeness (QED) is 0.798. The van der Waals surface area contributed by atoms with Gasteiger partial charge in [0.15, 0.2) is 9.84 Å². The van der Waals surface area contributed by atoms with Gasteiger partial charge in [0.2, 0.25) is 0 Å². The molecule has 2 N–H and O–H groups in total. The van der Waals surface area contributed by atoms with Crippen molar-refractivity contribution in [3.63, 3.8) is 0 Å². The van der Waals surface area contributed by atoms with E-state index < -0.39 is 36.8 Å². The van der Waals surface area contributed by atoms with Crippen LogP contribution in [0.3, 0.4) is 0 Å². The number of fused-ring (bicyclic) bond motifs is 1. The molecular formula is C21H31FN2O4S. The van der Waals surface area contributed by atoms with Crippen molar-refractivity contribution >= 4 is 15.7 Å². The number of ether oxygens (including phenoxy) is 2. The topological polar surface area (TPSA) is 91.0 Å². The Kier molecular flexibility index (Phi) is 5.27. The van der Waals surface area contributed by atoms with Crippen molar-refractivity contribution in [3.8, 4) is 5.75 Å². The molecule has 0 unspecified atom stereocenters. The van der Waals surface area contributed by atoms with Crippen LogP contribution in [0, 0.1) is 11.7 Å². The Balaban J connectivity index is 2.22. The number of hydrogen-bond acceptors (Lipinski definition) is 6. The van der Waals surface area contributed by atoms with Gasteiger partial charge in [-0.15, -0.1) is 0 Å². The summed E-state index contributed by atoms with van der Waals surface area (Å²) in [6.07, 6.45) is 0.187. The molecule has 6 nitrogen and oxygen atoms in total. The van der Waals surface area contributed by atoms with E-state index in [4.69, 9.17) is 15.2 Å². The second kappa shape index (κ2) is 6.94. The van der Waals surface area contributed by atoms with E-state index in [0.717, 1.165) is 0 Å². The van der Waals surface area contributed by atoms with Gasteiger partial charge < -0.3 is 15.2 Å². The number of sulfone groups is 1. The molecule has 0 bridgehead atoms. The molecule has 1 fully saturated rings. The van der Waals surface area contributed by atoms with Crippen LogP contribution in [0.4, 0.5) is 4.39 Å². The Hall–Kier alpha value is -1.67. The van der Waals surface area contributed by atoms with Gasteiger partial charge in [-0.25, -0.2) is 12.8 Å². The summed E-state index contributed by atoms with van der Waals surface area (Å²) in [4.78, 5) is 4.61. The van der Waals surface area contributed by atoms with E-state index in [1.54, 1.807) is 13.8 Å². The molecule has 8 heteroatoms. The Morgan fingerprint density at radius 3 is 2.59 bits per heavy atom. The molecule has 2 atom stereocenters. The van der Waals surface area contributed by atoms with Gasteiger partial charge in [0.1, 0.15) is 27.7 Å². The van der Waals surface area contributed by atoms with Crippen molar-refractivity contribution in [1.82, 2.24) is 0 Å². The number of rotatable bonds is 4. The minimum absolute atomic E-state index is 0.0371. The summed E-state index contributed by atoms with van der Waals surface area (Å²) >= 11 is 0. The molecule has 3 rings (SSSR count). The highest BCUT2D eigenvalue weighted by Gasteiger charge is 2.62. The summed E-state index contributed by atoms with van der Waals surface area (Å²) in [5.74, 6) is 0.161. The third-order valence-electron chi connectivity index (χ3n) is 5.90. The number of nitrogens with zero attached hydrogens (tertiary/aromatic N) is 1. The first kappa shape index (κ1) is 22.0. The molecule has 0 aliphatic carbocycles. The average Bonchev–Trinajstić information content (AvgIpc) is 2.61. The number of hydrogen-bond donors (Lipinski definition) is 1. The first-order valence-electron chi connectivity index (χ1n) is 9.89. The van der Waals surface area contributed by atoms with Crippen molar-refractivity contribution in [1.29, 1.82) is 0 Å². The fourth-order valence-electron chi connectivity index (χ4n) is 3.89. The van der Waals surface area contributed by atoms with Gasteiger partial charge >= 0.3 is 0 Å². The summed E-state index contributed by atoms with van der Waals surface area (Å²) < 4.78 is 52.6. The lowest BCUT2D eigenvalue weighted by Gasteiger charge is -2.51. The van der Waals surface area contributed by atoms with Crippen molar-refractivity contribution < 1.29 is 22.3 Å². The first-order chi connectivity index (χ1) is 13.2. The molecule has 1 aromatic carbocycles. The molecule has 2 heterocycles. The van der Waals surface area contributed by atoms with Gasteiger partial charge in [0.05, 0.1) is 24.1 Å². The summed E-state index contributed by atoms with van der Waals surface area (Å²) in [5, 5.41) is -0.962. The lowest BCUT2D eigenvalue weighted by atomic mass is 9.79. The second-order valence-electron chi connectivity index (χ2n) is 9.56. The number of benzene rings is 1. The van der Waals surface area contributed by atoms with Crippen molar-refractivity contribution in [3.05, 3.63) is 29.6 Å². The maximum absolute atomic E-state index is 15.1. The zero-order chi connectivity index (χ0) is 21.8. The van der Waals surface area contributed by atoms with E-state index in [9.17, 15) is 8.42 Å². The summed E-state index contributed by atoms with van der Waals surface area (Å²) in [5.41, 5.74) is 4.14. The largest absolute Gasteiger partial charge is 0.493 e. The van der Waals surface area contributed by atoms with E-state index in [1.807, 2.05) is 27.7 Å². The minimum Gasteiger partial charge on any atom is -0.493 e. The molecule has 2 aliphatic heterocycles. The zero-order valence-corrected chi connectivity index (χ0v) is 18.8. The van der Waals surface area contributed by atoms with Crippen molar-refractivity contribution in [2.75, 3.05) is 13.2 Å². The van der Waals surface area contributed by atoms with E-state index >= 15 is 4.39 Å². The average molecular weight is 427 g/mol. The van der Waals surface area contributed by atoms with Gasteiger partial charge in [0.25, 0.3) is 0 Å². The number of amidine groups is 1. The van der Waals surface area contributed by atoms with E-state index in [-0.39, 0.29) is 30.3 Å². The molecule has 0 aromatic heterocycles. The predicted molar refractivity (Wildman–Crippen MR) is 111 cm³/mol. The van der Waals surface area contributed by atoms with Crippen LogP contribution in [0.2, 0.25) is 0 Å². The fourth-order valence-corrected chi connectivity index (χ4v) is 6.32. The molecule has 0 amide bonds. The Morgan fingerprint density at radius 1 is 1.31 bits per heavy atom. The lowest BCUT2D eigenvalue weighted by Crippen LogP contribution is -2.66. The molecule has 2 aliphatic rings. The lowest BCUT2D eigenvalue weighted by molar-refractivity contribution is -0.0856. The van der Waals surface area contributed by atoms with E-state index in [2.05, 4.69) is 4.99 Å². The number of nitrogens with two attached hydrogens (primary N) is 1. The Bertz CT molecular complexity index is 940. The van der Waals surface area contributed by atoms with Gasteiger partial charge in [-0.2, -0.15) is 0 Å². The molecule has 1 saturated heterocycles. The molecular weight excluding hydrogens is 395 g/mol. The summed E-state index contributed by atoms with van der Waals surface area (Å²) in [6.45, 7) is 11.2. The Morgan fingerprint density at radius 2 is 1.97 bits per heavy atom. The third kappa shape index (κ3) is 3.54. The maximum atomic E-state index is 15.1. The van der Waals surface area contributed by atoms with Gasteiger partial charge in [-0.1, -0.05) is 13.8 Å². The summed E-state index contributed by atoms with van der Waals surface area (Å²) in [7, 11) is -3.79. The van der Waals surface area contributed by atoms with Crippen LogP contribution >= 0.6 is 0 Å². The summed E-state index contributed by atoms with van der Waals surface area (Å²) in [6, 6.07) is 4.36. The maximum Gasteiger partial charge on any atom is 0.168 e. The molecule has 1 aromatic rings. The van der Waals surface area contributed by atoms with Crippen LogP contribution in [-0.4, -0.2) is 43.1 Å². The third-order valence-corrected chi connectivity index (χ3v) is 8.84. The molecule has 0 saturated carbocycles. The molecule has 0 spiro atoms. The SMILES string of the molecule is CC(C)COc1ccc(F)c([C@]23COC(C)(C)C[C@H]2S(=O)(=O)C(C)(C)C(N)=N3)c1. The monoisotopic (exact) mass is 426 g/mol. The highest BCUT2D eigenvalue weighted by molar-refractivity contribution is 7.94. The predicted octanol–water partition coefficient (Wildman–Crippen LogP) is 3.19. The van der Waals surface area contributed by atoms with Gasteiger partial charge in [0, 0.05) is 5.56 Å². The number of halogens is 1. The smallest absolute Gasteiger partial charge is 0.168 e. The van der Waals surface area contributed by atoms with Crippen LogP contribution in [0.5, 0.6) is 5.75 Å². The number of aliphatic imine (C=N–C) groups is 1. The van der Waals surface area contributed by atoms with Crippen molar-refractivity contribution in [2.24, 2.45) is 16.6 Å². The molecule has 29 heavy (non-hydrogen) atoms. The van der Waals surface area contributed by atoms with E-state index in [0.29, 0.717) is 12.4 Å². The minimum atomic E-state index is -3.79. The van der Waals surface area contributed by atoms with Crippen LogP contribution in [0.15, 0.2) is 23.2 Å². The zero-order valence-electron chi connectivity index (χ0n) is 18.0. The van der Waals surface area contributed by atoms with Gasteiger partial charge in [-0.05, 0) is 58.2 Å². The first-order valence-corrected chi connectivity index (χ1v) is 11.4. The fraction of sp³-hybridized carbons (Fsp3) is 0.667. The van der Waals surface area contributed by atoms with Gasteiger partial charge in [-0.3, -0.25) is 4.99 Å². The Labute approximate surface area is 172 Å². The van der Waals surface area contributed by atoms with Crippen LogP contribution in [0.25, 0.3) is 0 Å². The molecule has 162 valence electrons. The van der Waals surface area contributed by atoms with Crippen LogP contribution in [0.1, 0.15) is 53.5 Å². The van der Waals surface area contributed by atoms with Crippen molar-refractivity contribution in [2.45, 2.75) is 69.1 Å². The standard InChI is InChI=1S/C21H31FN2O4S/c1-13(2)11-27-14-7-8-16(22)15(9-14)21-12-28-19(3,4)10-17(21)29(25,26)20(5,6)18(23)24-21/h7-9,13,17H,10-12H2,1-6H3,(H2,23,24)/t17-,21-/m1/s1.